The summed E-state index contributed by atoms with van der Waals surface area (Å²) in [5, 5.41) is 12.2. The molecule has 0 atom stereocenters. The van der Waals surface area contributed by atoms with Crippen LogP contribution in [0, 0.1) is 0 Å². The number of hydrogen-bond donors (Lipinski definition) is 2. The number of anilines is 1. The van der Waals surface area contributed by atoms with Crippen LogP contribution in [0.4, 0.5) is 5.69 Å². The summed E-state index contributed by atoms with van der Waals surface area (Å²) in [5.74, 6) is 0.0510. The van der Waals surface area contributed by atoms with E-state index in [1.807, 2.05) is 37.3 Å². The molecule has 0 fully saturated rings. The van der Waals surface area contributed by atoms with E-state index in [1.165, 1.54) is 22.7 Å². The van der Waals surface area contributed by atoms with E-state index in [-0.39, 0.29) is 17.3 Å². The van der Waals surface area contributed by atoms with E-state index in [1.54, 1.807) is 4.57 Å². The Morgan fingerprint density at radius 2 is 1.90 bits per heavy atom. The summed E-state index contributed by atoms with van der Waals surface area (Å²) < 4.78 is 3.83. The molecule has 1 amide bonds. The molecule has 29 heavy (non-hydrogen) atoms. The first-order valence-corrected chi connectivity index (χ1v) is 10.7. The quantitative estimate of drug-likeness (QED) is 0.454. The number of carbonyl (C=O) groups excluding carboxylic acids is 1. The fraction of sp³-hybridized carbons (Fsp3) is 0.286. The van der Waals surface area contributed by atoms with Crippen molar-refractivity contribution in [2.75, 3.05) is 11.1 Å². The zero-order valence-corrected chi connectivity index (χ0v) is 17.3. The van der Waals surface area contributed by atoms with E-state index >= 15 is 0 Å². The summed E-state index contributed by atoms with van der Waals surface area (Å²) in [6.45, 7) is 5.59. The Hall–Kier alpha value is -3.00. The normalized spacial score (nSPS) is 11.4. The lowest BCUT2D eigenvalue weighted by Gasteiger charge is -2.07. The van der Waals surface area contributed by atoms with Gasteiger partial charge in [-0.2, -0.15) is 0 Å². The van der Waals surface area contributed by atoms with Gasteiger partial charge in [0, 0.05) is 40.6 Å². The molecule has 2 aromatic carbocycles. The van der Waals surface area contributed by atoms with Crippen molar-refractivity contribution in [3.63, 3.8) is 0 Å². The molecule has 0 saturated heterocycles. The smallest absolute Gasteiger partial charge is 0.341 e. The van der Waals surface area contributed by atoms with Crippen LogP contribution in [-0.2, 0) is 17.9 Å². The second-order valence-corrected chi connectivity index (χ2v) is 7.74. The molecule has 2 heterocycles. The summed E-state index contributed by atoms with van der Waals surface area (Å²) in [6.07, 6.45) is 0.824. The van der Waals surface area contributed by atoms with E-state index in [0.717, 1.165) is 29.6 Å². The van der Waals surface area contributed by atoms with E-state index < -0.39 is 0 Å². The standard InChI is InChI=1S/C21H23N5O2S/c1-3-11-26-20(28)23-24-21(26)29-13-19(27)22-14-9-10-18-16(12-14)15-7-5-6-8-17(15)25(18)4-2/h5-10,12H,3-4,11,13H2,1-2H3,(H,22,27)(H,23,28). The molecule has 0 unspecified atom stereocenters. The van der Waals surface area contributed by atoms with Crippen molar-refractivity contribution < 1.29 is 4.79 Å². The number of rotatable bonds is 7. The number of para-hydroxylation sites is 1. The summed E-state index contributed by atoms with van der Waals surface area (Å²) in [5.41, 5.74) is 2.86. The highest BCUT2D eigenvalue weighted by Gasteiger charge is 2.13. The molecule has 0 bridgehead atoms. The molecule has 0 aliphatic carbocycles. The fourth-order valence-electron chi connectivity index (χ4n) is 3.63. The first-order valence-electron chi connectivity index (χ1n) is 9.71. The average Bonchev–Trinajstić information content (AvgIpc) is 3.24. The Balaban J connectivity index is 1.53. The molecule has 0 spiro atoms. The van der Waals surface area contributed by atoms with Gasteiger partial charge >= 0.3 is 5.69 Å². The summed E-state index contributed by atoms with van der Waals surface area (Å²) >= 11 is 1.25. The third-order valence-corrected chi connectivity index (χ3v) is 5.85. The van der Waals surface area contributed by atoms with Crippen molar-refractivity contribution in [2.24, 2.45) is 0 Å². The topological polar surface area (TPSA) is 84.7 Å². The lowest BCUT2D eigenvalue weighted by atomic mass is 10.1. The molecule has 7 nitrogen and oxygen atoms in total. The lowest BCUT2D eigenvalue weighted by Crippen LogP contribution is -2.18. The molecule has 0 aliphatic heterocycles. The van der Waals surface area contributed by atoms with Gasteiger partial charge in [0.1, 0.15) is 0 Å². The van der Waals surface area contributed by atoms with Gasteiger partial charge < -0.3 is 9.88 Å². The predicted molar refractivity (Wildman–Crippen MR) is 118 cm³/mol. The van der Waals surface area contributed by atoms with Crippen LogP contribution < -0.4 is 11.0 Å². The SMILES string of the molecule is CCCn1c(SCC(=O)Nc2ccc3c(c2)c2ccccc2n3CC)n[nH]c1=O. The van der Waals surface area contributed by atoms with Gasteiger partial charge in [-0.05, 0) is 37.6 Å². The van der Waals surface area contributed by atoms with Gasteiger partial charge in [0.2, 0.25) is 5.91 Å². The van der Waals surface area contributed by atoms with Crippen LogP contribution in [-0.4, -0.2) is 31.0 Å². The van der Waals surface area contributed by atoms with Crippen molar-refractivity contribution in [1.29, 1.82) is 0 Å². The van der Waals surface area contributed by atoms with E-state index in [4.69, 9.17) is 0 Å². The Morgan fingerprint density at radius 1 is 1.10 bits per heavy atom. The van der Waals surface area contributed by atoms with Gasteiger partial charge in [0.15, 0.2) is 5.16 Å². The summed E-state index contributed by atoms with van der Waals surface area (Å²) in [4.78, 5) is 24.2. The minimum Gasteiger partial charge on any atom is -0.341 e. The predicted octanol–water partition coefficient (Wildman–Crippen LogP) is 3.84. The molecule has 0 radical (unpaired) electrons. The fourth-order valence-corrected chi connectivity index (χ4v) is 4.41. The van der Waals surface area contributed by atoms with Crippen LogP contribution in [0.5, 0.6) is 0 Å². The lowest BCUT2D eigenvalue weighted by molar-refractivity contribution is -0.113. The minimum atomic E-state index is -0.243. The van der Waals surface area contributed by atoms with E-state index in [0.29, 0.717) is 11.7 Å². The number of amides is 1. The van der Waals surface area contributed by atoms with Crippen LogP contribution >= 0.6 is 11.8 Å². The molecule has 8 heteroatoms. The number of aryl methyl sites for hydroxylation is 1. The Bertz CT molecular complexity index is 1240. The second kappa shape index (κ2) is 8.16. The minimum absolute atomic E-state index is 0.132. The number of benzene rings is 2. The molecular weight excluding hydrogens is 386 g/mol. The Labute approximate surface area is 172 Å². The van der Waals surface area contributed by atoms with Crippen molar-refractivity contribution in [1.82, 2.24) is 19.3 Å². The number of carbonyl (C=O) groups is 1. The molecule has 2 aromatic heterocycles. The number of nitrogens with one attached hydrogen (secondary N) is 2. The monoisotopic (exact) mass is 409 g/mol. The van der Waals surface area contributed by atoms with E-state index in [2.05, 4.69) is 39.1 Å². The van der Waals surface area contributed by atoms with Crippen molar-refractivity contribution in [3.05, 3.63) is 52.9 Å². The first kappa shape index (κ1) is 19.3. The zero-order valence-electron chi connectivity index (χ0n) is 16.4. The average molecular weight is 410 g/mol. The second-order valence-electron chi connectivity index (χ2n) is 6.79. The van der Waals surface area contributed by atoms with Gasteiger partial charge in [0.25, 0.3) is 0 Å². The summed E-state index contributed by atoms with van der Waals surface area (Å²) in [6, 6.07) is 14.3. The Kier molecular flexibility index (Phi) is 5.44. The molecular formula is C21H23N5O2S. The van der Waals surface area contributed by atoms with Crippen LogP contribution in [0.25, 0.3) is 21.8 Å². The van der Waals surface area contributed by atoms with Crippen LogP contribution in [0.15, 0.2) is 52.4 Å². The maximum Gasteiger partial charge on any atom is 0.343 e. The maximum absolute atomic E-state index is 12.5. The Morgan fingerprint density at radius 3 is 2.69 bits per heavy atom. The number of thioether (sulfide) groups is 1. The molecule has 4 aromatic rings. The largest absolute Gasteiger partial charge is 0.343 e. The van der Waals surface area contributed by atoms with Crippen LogP contribution in [0.3, 0.4) is 0 Å². The number of aromatic nitrogens is 4. The molecule has 4 rings (SSSR count). The number of hydrogen-bond acceptors (Lipinski definition) is 4. The van der Waals surface area contributed by atoms with Gasteiger partial charge in [-0.25, -0.2) is 9.89 Å². The third kappa shape index (κ3) is 3.67. The van der Waals surface area contributed by atoms with Gasteiger partial charge in [-0.15, -0.1) is 5.10 Å². The van der Waals surface area contributed by atoms with Crippen molar-refractivity contribution in [3.8, 4) is 0 Å². The molecule has 150 valence electrons. The van der Waals surface area contributed by atoms with Crippen LogP contribution in [0.2, 0.25) is 0 Å². The molecule has 2 N–H and O–H groups in total. The number of H-pyrrole nitrogens is 1. The summed E-state index contributed by atoms with van der Waals surface area (Å²) in [7, 11) is 0. The third-order valence-electron chi connectivity index (χ3n) is 4.88. The van der Waals surface area contributed by atoms with Gasteiger partial charge in [-0.3, -0.25) is 9.36 Å². The van der Waals surface area contributed by atoms with E-state index in [9.17, 15) is 9.59 Å². The number of aromatic amines is 1. The highest BCUT2D eigenvalue weighted by molar-refractivity contribution is 7.99. The van der Waals surface area contributed by atoms with Gasteiger partial charge in [0.05, 0.1) is 5.75 Å². The molecule has 0 saturated carbocycles. The van der Waals surface area contributed by atoms with Crippen LogP contribution in [0.1, 0.15) is 20.3 Å². The highest BCUT2D eigenvalue weighted by Crippen LogP contribution is 2.31. The highest BCUT2D eigenvalue weighted by atomic mass is 32.2. The first-order chi connectivity index (χ1) is 14.1. The van der Waals surface area contributed by atoms with Gasteiger partial charge in [-0.1, -0.05) is 36.9 Å². The maximum atomic E-state index is 12.5. The zero-order chi connectivity index (χ0) is 20.4. The number of fused-ring (bicyclic) bond motifs is 3. The van der Waals surface area contributed by atoms with Crippen molar-refractivity contribution in [2.45, 2.75) is 38.5 Å². The molecule has 0 aliphatic rings. The number of nitrogens with zero attached hydrogens (tertiary/aromatic N) is 3. The van der Waals surface area contributed by atoms with Crippen molar-refractivity contribution >= 4 is 45.2 Å².